The molecule has 2 aliphatic rings. The Hall–Kier alpha value is -3.20. The Morgan fingerprint density at radius 3 is 2.65 bits per heavy atom. The molecule has 2 aromatic heterocycles. The first kappa shape index (κ1) is 25.4. The second kappa shape index (κ2) is 10.3. The lowest BCUT2D eigenvalue weighted by Crippen LogP contribution is -2.51. The van der Waals surface area contributed by atoms with E-state index < -0.39 is 5.60 Å². The predicted molar refractivity (Wildman–Crippen MR) is 143 cm³/mol. The second-order valence-corrected chi connectivity index (χ2v) is 10.9. The highest BCUT2D eigenvalue weighted by atomic mass is 35.5. The maximum atomic E-state index is 12.7. The van der Waals surface area contributed by atoms with Crippen LogP contribution in [0.15, 0.2) is 48.9 Å². The number of aromatic nitrogens is 3. The molecule has 194 valence electrons. The smallest absolute Gasteiger partial charge is 0.410 e. The Kier molecular flexibility index (Phi) is 7.07. The number of carbonyl (C=O) groups excluding carboxylic acids is 1. The van der Waals surface area contributed by atoms with Crippen molar-refractivity contribution in [1.82, 2.24) is 24.3 Å². The van der Waals surface area contributed by atoms with Gasteiger partial charge in [0.2, 0.25) is 0 Å². The van der Waals surface area contributed by atoms with E-state index in [0.717, 1.165) is 28.0 Å². The molecule has 1 atom stereocenters. The highest BCUT2D eigenvalue weighted by Crippen LogP contribution is 2.41. The molecule has 0 spiro atoms. The summed E-state index contributed by atoms with van der Waals surface area (Å²) in [5.41, 5.74) is 4.71. The van der Waals surface area contributed by atoms with Gasteiger partial charge in [-0.05, 0) is 67.3 Å². The number of carbonyl (C=O) groups is 1. The maximum absolute atomic E-state index is 12.7. The number of pyridine rings is 1. The monoisotopic (exact) mass is 521 g/mol. The van der Waals surface area contributed by atoms with Crippen LogP contribution >= 0.6 is 11.6 Å². The van der Waals surface area contributed by atoms with Gasteiger partial charge in [0.25, 0.3) is 0 Å². The van der Waals surface area contributed by atoms with E-state index in [4.69, 9.17) is 21.3 Å². The van der Waals surface area contributed by atoms with Crippen molar-refractivity contribution in [3.05, 3.63) is 82.2 Å². The van der Waals surface area contributed by atoms with Crippen LogP contribution in [0.4, 0.5) is 4.79 Å². The molecule has 0 saturated carbocycles. The fourth-order valence-electron chi connectivity index (χ4n) is 5.05. The van der Waals surface area contributed by atoms with Crippen LogP contribution in [0.3, 0.4) is 0 Å². The zero-order valence-electron chi connectivity index (χ0n) is 21.4. The fraction of sp³-hybridized carbons (Fsp3) is 0.393. The highest BCUT2D eigenvalue weighted by Gasteiger charge is 2.34. The van der Waals surface area contributed by atoms with Gasteiger partial charge in [-0.3, -0.25) is 9.88 Å². The lowest BCUT2D eigenvalue weighted by atomic mass is 9.93. The Morgan fingerprint density at radius 1 is 1.14 bits per heavy atom. The van der Waals surface area contributed by atoms with Crippen molar-refractivity contribution in [2.24, 2.45) is 0 Å². The van der Waals surface area contributed by atoms with Crippen molar-refractivity contribution in [1.29, 1.82) is 0 Å². The summed E-state index contributed by atoms with van der Waals surface area (Å²) >= 11 is 6.51. The Balaban J connectivity index is 1.50. The number of imidazole rings is 1. The van der Waals surface area contributed by atoms with Gasteiger partial charge in [-0.25, -0.2) is 9.78 Å². The molecule has 3 heterocycles. The molecular formula is C28H32ClN5O3. The number of piperazine rings is 1. The lowest BCUT2D eigenvalue weighted by Gasteiger charge is -2.40. The SMILES string of the molecule is CC(C)(C)OC(=O)N1CCN(C2c3ccc(Cl)cc3C(Cn3ccnc3CO)=Cc3cccnc32)CC1. The molecule has 8 nitrogen and oxygen atoms in total. The predicted octanol–water partition coefficient (Wildman–Crippen LogP) is 4.62. The first-order valence-electron chi connectivity index (χ1n) is 12.5. The van der Waals surface area contributed by atoms with Crippen LogP contribution in [0.5, 0.6) is 0 Å². The minimum Gasteiger partial charge on any atom is -0.444 e. The van der Waals surface area contributed by atoms with Crippen molar-refractivity contribution in [3.63, 3.8) is 0 Å². The molecule has 1 aliphatic carbocycles. The van der Waals surface area contributed by atoms with Gasteiger partial charge in [-0.2, -0.15) is 0 Å². The van der Waals surface area contributed by atoms with Crippen molar-refractivity contribution < 1.29 is 14.6 Å². The topological polar surface area (TPSA) is 83.7 Å². The number of nitrogens with zero attached hydrogens (tertiary/aromatic N) is 5. The average Bonchev–Trinajstić information content (AvgIpc) is 3.26. The Morgan fingerprint density at radius 2 is 1.92 bits per heavy atom. The summed E-state index contributed by atoms with van der Waals surface area (Å²) in [4.78, 5) is 25.9. The van der Waals surface area contributed by atoms with Crippen molar-refractivity contribution >= 4 is 29.3 Å². The van der Waals surface area contributed by atoms with Crippen LogP contribution < -0.4 is 0 Å². The quantitative estimate of drug-likeness (QED) is 0.539. The minimum absolute atomic E-state index is 0.0990. The number of halogens is 1. The van der Waals surface area contributed by atoms with Crippen LogP contribution in [-0.2, 0) is 17.9 Å². The molecule has 9 heteroatoms. The summed E-state index contributed by atoms with van der Waals surface area (Å²) in [6.07, 6.45) is 7.29. The molecule has 1 amide bonds. The summed E-state index contributed by atoms with van der Waals surface area (Å²) in [5, 5.41) is 10.4. The van der Waals surface area contributed by atoms with E-state index in [9.17, 15) is 9.90 Å². The third kappa shape index (κ3) is 5.42. The molecule has 1 fully saturated rings. The first-order valence-corrected chi connectivity index (χ1v) is 12.9. The number of aliphatic hydroxyl groups is 1. The van der Waals surface area contributed by atoms with Gasteiger partial charge in [0.1, 0.15) is 18.0 Å². The van der Waals surface area contributed by atoms with E-state index in [2.05, 4.69) is 28.1 Å². The lowest BCUT2D eigenvalue weighted by molar-refractivity contribution is 0.0118. The van der Waals surface area contributed by atoms with Crippen molar-refractivity contribution in [2.45, 2.75) is 45.6 Å². The third-order valence-electron chi connectivity index (χ3n) is 6.73. The summed E-state index contributed by atoms with van der Waals surface area (Å²) in [5.74, 6) is 0.606. The van der Waals surface area contributed by atoms with Crippen LogP contribution in [0.1, 0.15) is 55.0 Å². The number of ether oxygens (including phenoxy) is 1. The number of aliphatic hydroxyl groups excluding tert-OH is 1. The Labute approximate surface area is 222 Å². The van der Waals surface area contributed by atoms with Gasteiger partial charge in [-0.1, -0.05) is 23.7 Å². The molecule has 1 N–H and O–H groups in total. The normalized spacial score (nSPS) is 18.0. The second-order valence-electron chi connectivity index (χ2n) is 10.4. The van der Waals surface area contributed by atoms with Crippen LogP contribution in [0, 0.1) is 0 Å². The fourth-order valence-corrected chi connectivity index (χ4v) is 5.22. The number of allylic oxidation sites excluding steroid dienone is 1. The van der Waals surface area contributed by atoms with Gasteiger partial charge in [0, 0.05) is 56.3 Å². The van der Waals surface area contributed by atoms with E-state index in [1.807, 2.05) is 55.9 Å². The van der Waals surface area contributed by atoms with Crippen LogP contribution in [-0.4, -0.2) is 67.3 Å². The number of benzene rings is 1. The van der Waals surface area contributed by atoms with Gasteiger partial charge < -0.3 is 19.3 Å². The molecule has 3 aromatic rings. The molecule has 0 bridgehead atoms. The number of amides is 1. The molecular weight excluding hydrogens is 490 g/mol. The van der Waals surface area contributed by atoms with Crippen LogP contribution in [0.25, 0.3) is 11.6 Å². The molecule has 1 unspecified atom stereocenters. The molecule has 1 aromatic carbocycles. The number of hydrogen-bond donors (Lipinski definition) is 1. The first-order chi connectivity index (χ1) is 17.7. The van der Waals surface area contributed by atoms with Gasteiger partial charge in [0.15, 0.2) is 0 Å². The standard InChI is InChI=1S/C28H32ClN5O3/c1-28(2,3)37-27(36)33-13-11-32(12-14-33)26-22-7-6-21(29)16-23(22)20(15-19-5-4-8-31-25(19)26)17-34-10-9-30-24(34)18-35/h4-10,15-16,26,35H,11-14,17-18H2,1-3H3. The van der Waals surface area contributed by atoms with Gasteiger partial charge >= 0.3 is 6.09 Å². The van der Waals surface area contributed by atoms with E-state index in [0.29, 0.717) is 43.6 Å². The average molecular weight is 522 g/mol. The van der Waals surface area contributed by atoms with Gasteiger partial charge in [0.05, 0.1) is 11.7 Å². The molecule has 37 heavy (non-hydrogen) atoms. The zero-order chi connectivity index (χ0) is 26.2. The van der Waals surface area contributed by atoms with Gasteiger partial charge in [-0.15, -0.1) is 0 Å². The number of hydrogen-bond acceptors (Lipinski definition) is 6. The zero-order valence-corrected chi connectivity index (χ0v) is 22.1. The largest absolute Gasteiger partial charge is 0.444 e. The molecule has 5 rings (SSSR count). The van der Waals surface area contributed by atoms with E-state index in [1.54, 1.807) is 11.1 Å². The summed E-state index contributed by atoms with van der Waals surface area (Å²) in [6.45, 7) is 8.58. The highest BCUT2D eigenvalue weighted by molar-refractivity contribution is 6.30. The summed E-state index contributed by atoms with van der Waals surface area (Å²) in [6, 6.07) is 9.95. The molecule has 1 saturated heterocycles. The number of fused-ring (bicyclic) bond motifs is 2. The van der Waals surface area contributed by atoms with Crippen LogP contribution in [0.2, 0.25) is 5.02 Å². The minimum atomic E-state index is -0.524. The third-order valence-corrected chi connectivity index (χ3v) is 6.97. The maximum Gasteiger partial charge on any atom is 0.410 e. The van der Waals surface area contributed by atoms with E-state index in [1.165, 1.54) is 0 Å². The van der Waals surface area contributed by atoms with Crippen molar-refractivity contribution in [2.75, 3.05) is 26.2 Å². The van der Waals surface area contributed by atoms with E-state index >= 15 is 0 Å². The van der Waals surface area contributed by atoms with Crippen molar-refractivity contribution in [3.8, 4) is 0 Å². The number of rotatable bonds is 4. The molecule has 0 radical (unpaired) electrons. The van der Waals surface area contributed by atoms with E-state index in [-0.39, 0.29) is 18.7 Å². The summed E-state index contributed by atoms with van der Waals surface area (Å²) < 4.78 is 7.55. The Bertz CT molecular complexity index is 1320. The summed E-state index contributed by atoms with van der Waals surface area (Å²) in [7, 11) is 0. The molecule has 1 aliphatic heterocycles.